The molecule has 2 rings (SSSR count). The molecule has 7 heteroatoms. The zero-order valence-electron chi connectivity index (χ0n) is 11.5. The van der Waals surface area contributed by atoms with Gasteiger partial charge in [0.1, 0.15) is 4.90 Å². The summed E-state index contributed by atoms with van der Waals surface area (Å²) in [6, 6.07) is 4.95. The average Bonchev–Trinajstić information content (AvgIpc) is 2.75. The fourth-order valence-electron chi connectivity index (χ4n) is 1.86. The van der Waals surface area contributed by atoms with E-state index in [0.717, 1.165) is 5.69 Å². The molecule has 2 heterocycles. The van der Waals surface area contributed by atoms with Crippen molar-refractivity contribution in [3.8, 4) is 0 Å². The van der Waals surface area contributed by atoms with E-state index in [2.05, 4.69) is 9.71 Å². The number of rotatable bonds is 4. The summed E-state index contributed by atoms with van der Waals surface area (Å²) in [5.74, 6) is 0. The van der Waals surface area contributed by atoms with Crippen LogP contribution in [0.4, 0.5) is 5.69 Å². The van der Waals surface area contributed by atoms with Crippen LogP contribution in [0.1, 0.15) is 21.1 Å². The molecule has 0 bridgehead atoms. The van der Waals surface area contributed by atoms with E-state index in [9.17, 15) is 8.42 Å². The van der Waals surface area contributed by atoms with E-state index in [1.807, 2.05) is 6.92 Å². The summed E-state index contributed by atoms with van der Waals surface area (Å²) >= 11 is 1.27. The lowest BCUT2D eigenvalue weighted by atomic mass is 10.3. The van der Waals surface area contributed by atoms with Crippen LogP contribution in [0.25, 0.3) is 0 Å². The number of thiophene rings is 1. The fourth-order valence-corrected chi connectivity index (χ4v) is 4.48. The summed E-state index contributed by atoms with van der Waals surface area (Å²) in [5, 5.41) is 9.09. The molecular formula is C13H16N2O3S2. The van der Waals surface area contributed by atoms with Gasteiger partial charge in [0.05, 0.1) is 18.0 Å². The fraction of sp³-hybridized carbons (Fsp3) is 0.308. The van der Waals surface area contributed by atoms with Gasteiger partial charge in [-0.25, -0.2) is 8.42 Å². The molecule has 0 aromatic carbocycles. The van der Waals surface area contributed by atoms with Crippen LogP contribution in [-0.2, 0) is 16.6 Å². The monoisotopic (exact) mass is 312 g/mol. The molecule has 0 fully saturated rings. The molecule has 2 aromatic rings. The van der Waals surface area contributed by atoms with E-state index >= 15 is 0 Å². The number of pyridine rings is 1. The van der Waals surface area contributed by atoms with Gasteiger partial charge in [0.25, 0.3) is 10.0 Å². The van der Waals surface area contributed by atoms with Crippen molar-refractivity contribution in [3.05, 3.63) is 39.3 Å². The number of hydrogen-bond acceptors (Lipinski definition) is 5. The van der Waals surface area contributed by atoms with Gasteiger partial charge in [-0.05, 0) is 39.0 Å². The van der Waals surface area contributed by atoms with Crippen molar-refractivity contribution in [3.63, 3.8) is 0 Å². The van der Waals surface area contributed by atoms with E-state index in [1.165, 1.54) is 17.4 Å². The maximum Gasteiger partial charge on any atom is 0.263 e. The van der Waals surface area contributed by atoms with Crippen molar-refractivity contribution >= 4 is 27.0 Å². The normalized spacial score (nSPS) is 11.6. The molecule has 20 heavy (non-hydrogen) atoms. The molecule has 0 saturated carbocycles. The third-order valence-corrected chi connectivity index (χ3v) is 5.49. The van der Waals surface area contributed by atoms with Crippen LogP contribution in [0.2, 0.25) is 0 Å². The number of nitrogens with one attached hydrogen (secondary N) is 1. The van der Waals surface area contributed by atoms with Crippen LogP contribution in [0.5, 0.6) is 0 Å². The largest absolute Gasteiger partial charge is 0.391 e. The standard InChI is InChI=1S/C13H16N2O3S2/c1-8-4-5-12(9(2)14-8)15-20(17,18)13-6-11(7-16)19-10(13)3/h4-6,15-16H,7H2,1-3H3. The van der Waals surface area contributed by atoms with Gasteiger partial charge >= 0.3 is 0 Å². The smallest absolute Gasteiger partial charge is 0.263 e. The number of aromatic nitrogens is 1. The first-order valence-corrected chi connectivity index (χ1v) is 8.30. The van der Waals surface area contributed by atoms with Crippen molar-refractivity contribution in [2.75, 3.05) is 4.72 Å². The summed E-state index contributed by atoms with van der Waals surface area (Å²) in [4.78, 5) is 5.71. The van der Waals surface area contributed by atoms with Gasteiger partial charge in [-0.3, -0.25) is 9.71 Å². The lowest BCUT2D eigenvalue weighted by Crippen LogP contribution is -2.14. The quantitative estimate of drug-likeness (QED) is 0.908. The van der Waals surface area contributed by atoms with Crippen LogP contribution >= 0.6 is 11.3 Å². The first-order valence-electron chi connectivity index (χ1n) is 6.00. The van der Waals surface area contributed by atoms with Crippen molar-refractivity contribution in [2.45, 2.75) is 32.3 Å². The molecule has 0 radical (unpaired) electrons. The molecule has 0 unspecified atom stereocenters. The van der Waals surface area contributed by atoms with Crippen LogP contribution < -0.4 is 4.72 Å². The van der Waals surface area contributed by atoms with Gasteiger partial charge in [-0.1, -0.05) is 0 Å². The van der Waals surface area contributed by atoms with E-state index in [-0.39, 0.29) is 11.5 Å². The number of nitrogens with zero attached hydrogens (tertiary/aromatic N) is 1. The number of aliphatic hydroxyl groups is 1. The SMILES string of the molecule is Cc1ccc(NS(=O)(=O)c2cc(CO)sc2C)c(C)n1. The Morgan fingerprint density at radius 3 is 2.55 bits per heavy atom. The topological polar surface area (TPSA) is 79.3 Å². The van der Waals surface area contributed by atoms with E-state index < -0.39 is 10.0 Å². The zero-order valence-corrected chi connectivity index (χ0v) is 13.1. The molecule has 0 aliphatic rings. The number of aliphatic hydroxyl groups excluding tert-OH is 1. The Hall–Kier alpha value is -1.44. The third-order valence-electron chi connectivity index (χ3n) is 2.84. The molecular weight excluding hydrogens is 296 g/mol. The third kappa shape index (κ3) is 3.00. The number of aryl methyl sites for hydroxylation is 3. The highest BCUT2D eigenvalue weighted by atomic mass is 32.2. The summed E-state index contributed by atoms with van der Waals surface area (Å²) in [7, 11) is -3.66. The average molecular weight is 312 g/mol. The molecule has 0 atom stereocenters. The van der Waals surface area contributed by atoms with Gasteiger partial charge in [-0.2, -0.15) is 0 Å². The zero-order chi connectivity index (χ0) is 14.9. The second kappa shape index (κ2) is 5.51. The predicted molar refractivity (Wildman–Crippen MR) is 79.5 cm³/mol. The summed E-state index contributed by atoms with van der Waals surface area (Å²) < 4.78 is 27.3. The Kier molecular flexibility index (Phi) is 4.12. The molecule has 108 valence electrons. The van der Waals surface area contributed by atoms with E-state index in [1.54, 1.807) is 26.0 Å². The molecule has 2 aromatic heterocycles. The second-order valence-corrected chi connectivity index (χ2v) is 7.47. The summed E-state index contributed by atoms with van der Waals surface area (Å²) in [5.41, 5.74) is 1.93. The molecule has 0 aliphatic carbocycles. The molecule has 5 nitrogen and oxygen atoms in total. The van der Waals surface area contributed by atoms with Gasteiger partial charge in [-0.15, -0.1) is 11.3 Å². The van der Waals surface area contributed by atoms with Crippen LogP contribution in [0, 0.1) is 20.8 Å². The minimum absolute atomic E-state index is 0.161. The van der Waals surface area contributed by atoms with Crippen LogP contribution in [0.15, 0.2) is 23.1 Å². The maximum atomic E-state index is 12.4. The number of hydrogen-bond donors (Lipinski definition) is 2. The lowest BCUT2D eigenvalue weighted by molar-refractivity contribution is 0.285. The predicted octanol–water partition coefficient (Wildman–Crippen LogP) is 2.36. The molecule has 0 saturated heterocycles. The Balaban J connectivity index is 2.38. The molecule has 2 N–H and O–H groups in total. The van der Waals surface area contributed by atoms with Crippen LogP contribution in [-0.4, -0.2) is 18.5 Å². The molecule has 0 spiro atoms. The number of anilines is 1. The van der Waals surface area contributed by atoms with Crippen molar-refractivity contribution in [2.24, 2.45) is 0 Å². The highest BCUT2D eigenvalue weighted by Gasteiger charge is 2.20. The van der Waals surface area contributed by atoms with Crippen molar-refractivity contribution < 1.29 is 13.5 Å². The first-order chi connectivity index (χ1) is 9.33. The first kappa shape index (κ1) is 15.0. The molecule has 0 amide bonds. The van der Waals surface area contributed by atoms with Crippen molar-refractivity contribution in [1.29, 1.82) is 0 Å². The Morgan fingerprint density at radius 1 is 1.30 bits per heavy atom. The summed E-state index contributed by atoms with van der Waals surface area (Å²) in [6.45, 7) is 5.16. The highest BCUT2D eigenvalue weighted by molar-refractivity contribution is 7.93. The Morgan fingerprint density at radius 2 is 2.00 bits per heavy atom. The highest BCUT2D eigenvalue weighted by Crippen LogP contribution is 2.28. The van der Waals surface area contributed by atoms with Gasteiger partial charge < -0.3 is 5.11 Å². The Labute approximate surface area is 122 Å². The van der Waals surface area contributed by atoms with E-state index in [4.69, 9.17) is 5.11 Å². The lowest BCUT2D eigenvalue weighted by Gasteiger charge is -2.10. The van der Waals surface area contributed by atoms with Crippen molar-refractivity contribution in [1.82, 2.24) is 4.98 Å². The van der Waals surface area contributed by atoms with Gasteiger partial charge in [0.2, 0.25) is 0 Å². The van der Waals surface area contributed by atoms with Crippen LogP contribution in [0.3, 0.4) is 0 Å². The van der Waals surface area contributed by atoms with Gasteiger partial charge in [0, 0.05) is 15.4 Å². The van der Waals surface area contributed by atoms with E-state index in [0.29, 0.717) is 21.1 Å². The Bertz CT molecular complexity index is 736. The van der Waals surface area contributed by atoms with Gasteiger partial charge in [0.15, 0.2) is 0 Å². The summed E-state index contributed by atoms with van der Waals surface area (Å²) in [6.07, 6.45) is 0. The maximum absolute atomic E-state index is 12.4. The molecule has 0 aliphatic heterocycles. The second-order valence-electron chi connectivity index (χ2n) is 4.48. The minimum atomic E-state index is -3.66. The number of sulfonamides is 1. The minimum Gasteiger partial charge on any atom is -0.391 e.